The van der Waals surface area contributed by atoms with Crippen LogP contribution in [-0.2, 0) is 13.0 Å². The molecule has 142 valence electrons. The van der Waals surface area contributed by atoms with E-state index in [1.54, 1.807) is 18.2 Å². The summed E-state index contributed by atoms with van der Waals surface area (Å²) in [5.41, 5.74) is 2.46. The Morgan fingerprint density at radius 3 is 2.74 bits per heavy atom. The molecule has 2 aromatic carbocycles. The number of anilines is 2. The third kappa shape index (κ3) is 4.46. The van der Waals surface area contributed by atoms with Gasteiger partial charge in [-0.2, -0.15) is 0 Å². The topological polar surface area (TPSA) is 90.9 Å². The van der Waals surface area contributed by atoms with Crippen LogP contribution in [0.15, 0.2) is 36.4 Å². The van der Waals surface area contributed by atoms with Crippen LogP contribution in [0.5, 0.6) is 5.75 Å². The Hall–Kier alpha value is -3.29. The summed E-state index contributed by atoms with van der Waals surface area (Å²) in [4.78, 5) is 24.6. The maximum absolute atomic E-state index is 13.9. The number of carbonyl (C=O) groups excluding carboxylic acids is 1. The lowest BCUT2D eigenvalue weighted by Crippen LogP contribution is -2.34. The van der Waals surface area contributed by atoms with Gasteiger partial charge in [0.2, 0.25) is 0 Å². The molecule has 0 bridgehead atoms. The molecule has 0 fully saturated rings. The Bertz CT molecular complexity index is 872. The van der Waals surface area contributed by atoms with E-state index < -0.39 is 17.9 Å². The highest BCUT2D eigenvalue weighted by Gasteiger charge is 2.20. The fraction of sp³-hybridized carbons (Fsp3) is 0.263. The van der Waals surface area contributed by atoms with Crippen molar-refractivity contribution in [1.82, 2.24) is 4.90 Å². The minimum absolute atomic E-state index is 0.0218. The lowest BCUT2D eigenvalue weighted by Gasteiger charge is -2.26. The van der Waals surface area contributed by atoms with E-state index in [2.05, 4.69) is 10.6 Å². The summed E-state index contributed by atoms with van der Waals surface area (Å²) in [5, 5.41) is 14.2. The Morgan fingerprint density at radius 2 is 2.00 bits per heavy atom. The van der Waals surface area contributed by atoms with Crippen molar-refractivity contribution in [3.8, 4) is 5.75 Å². The van der Waals surface area contributed by atoms with Crippen LogP contribution >= 0.6 is 0 Å². The molecule has 3 N–H and O–H groups in total. The smallest absolute Gasteiger partial charge is 0.407 e. The first-order chi connectivity index (χ1) is 13.0. The Morgan fingerprint density at radius 1 is 1.19 bits per heavy atom. The standard InChI is InChI=1S/C19H20FN3O4/c1-2-27-15-5-6-16(20)17(10-15)22-18(24)21-14-4-3-13-11-23(19(25)26)8-7-12(13)9-14/h3-6,9-10H,2,7-8,11H2,1H3,(H,25,26)(H2,21,22,24). The predicted octanol–water partition coefficient (Wildman–Crippen LogP) is 3.90. The summed E-state index contributed by atoms with van der Waals surface area (Å²) in [6.45, 7) is 2.99. The summed E-state index contributed by atoms with van der Waals surface area (Å²) in [7, 11) is 0. The number of urea groups is 1. The molecule has 0 aliphatic carbocycles. The van der Waals surface area contributed by atoms with Crippen LogP contribution in [0.2, 0.25) is 0 Å². The molecule has 0 saturated carbocycles. The van der Waals surface area contributed by atoms with E-state index in [1.165, 1.54) is 23.1 Å². The lowest BCUT2D eigenvalue weighted by molar-refractivity contribution is 0.140. The van der Waals surface area contributed by atoms with Crippen molar-refractivity contribution >= 4 is 23.5 Å². The third-order valence-corrected chi connectivity index (χ3v) is 4.24. The molecule has 0 atom stereocenters. The molecule has 1 heterocycles. The van der Waals surface area contributed by atoms with Gasteiger partial charge in [0.05, 0.1) is 12.3 Å². The zero-order valence-corrected chi connectivity index (χ0v) is 14.8. The maximum Gasteiger partial charge on any atom is 0.407 e. The highest BCUT2D eigenvalue weighted by Crippen LogP contribution is 2.24. The Balaban J connectivity index is 1.67. The SMILES string of the molecule is CCOc1ccc(F)c(NC(=O)Nc2ccc3c(c2)CCN(C(=O)O)C3)c1. The Kier molecular flexibility index (Phi) is 5.44. The van der Waals surface area contributed by atoms with Gasteiger partial charge in [0.25, 0.3) is 0 Å². The van der Waals surface area contributed by atoms with E-state index >= 15 is 0 Å². The van der Waals surface area contributed by atoms with Crippen molar-refractivity contribution in [1.29, 1.82) is 0 Å². The van der Waals surface area contributed by atoms with Gasteiger partial charge in [0.15, 0.2) is 0 Å². The van der Waals surface area contributed by atoms with Crippen LogP contribution in [0.3, 0.4) is 0 Å². The Labute approximate surface area is 155 Å². The van der Waals surface area contributed by atoms with Crippen LogP contribution in [0, 0.1) is 5.82 Å². The molecule has 3 rings (SSSR count). The van der Waals surface area contributed by atoms with Crippen molar-refractivity contribution < 1.29 is 23.8 Å². The molecule has 7 nitrogen and oxygen atoms in total. The molecule has 0 aromatic heterocycles. The fourth-order valence-corrected chi connectivity index (χ4v) is 2.94. The van der Waals surface area contributed by atoms with Crippen LogP contribution in [-0.4, -0.2) is 35.3 Å². The number of fused-ring (bicyclic) bond motifs is 1. The number of nitrogens with one attached hydrogen (secondary N) is 2. The minimum atomic E-state index is -0.946. The van der Waals surface area contributed by atoms with Gasteiger partial charge in [-0.3, -0.25) is 0 Å². The number of hydrogen-bond acceptors (Lipinski definition) is 3. The largest absolute Gasteiger partial charge is 0.494 e. The van der Waals surface area contributed by atoms with Gasteiger partial charge < -0.3 is 25.4 Å². The molecule has 2 aromatic rings. The van der Waals surface area contributed by atoms with E-state index in [4.69, 9.17) is 9.84 Å². The number of halogens is 1. The summed E-state index contributed by atoms with van der Waals surface area (Å²) in [6, 6.07) is 8.85. The zero-order chi connectivity index (χ0) is 19.4. The highest BCUT2D eigenvalue weighted by molar-refractivity contribution is 6.00. The monoisotopic (exact) mass is 373 g/mol. The average Bonchev–Trinajstić information content (AvgIpc) is 2.64. The van der Waals surface area contributed by atoms with Gasteiger partial charge in [-0.05, 0) is 48.7 Å². The molecule has 3 amide bonds. The summed E-state index contributed by atoms with van der Waals surface area (Å²) >= 11 is 0. The van der Waals surface area contributed by atoms with Gasteiger partial charge >= 0.3 is 12.1 Å². The van der Waals surface area contributed by atoms with E-state index in [9.17, 15) is 14.0 Å². The number of rotatable bonds is 4. The van der Waals surface area contributed by atoms with Crippen LogP contribution in [0.4, 0.5) is 25.4 Å². The lowest BCUT2D eigenvalue weighted by atomic mass is 9.99. The second-order valence-corrected chi connectivity index (χ2v) is 6.09. The number of carbonyl (C=O) groups is 2. The first kappa shape index (κ1) is 18.5. The number of ether oxygens (including phenoxy) is 1. The normalized spacial score (nSPS) is 12.9. The van der Waals surface area contributed by atoms with Crippen molar-refractivity contribution in [3.05, 3.63) is 53.3 Å². The molecular formula is C19H20FN3O4. The maximum atomic E-state index is 13.9. The molecule has 0 radical (unpaired) electrons. The summed E-state index contributed by atoms with van der Waals surface area (Å²) in [5.74, 6) is -0.0984. The van der Waals surface area contributed by atoms with Crippen LogP contribution in [0.1, 0.15) is 18.1 Å². The van der Waals surface area contributed by atoms with Gasteiger partial charge in [-0.25, -0.2) is 14.0 Å². The van der Waals surface area contributed by atoms with E-state index in [1.807, 2.05) is 6.92 Å². The third-order valence-electron chi connectivity index (χ3n) is 4.24. The van der Waals surface area contributed by atoms with Crippen LogP contribution in [0.25, 0.3) is 0 Å². The van der Waals surface area contributed by atoms with Gasteiger partial charge in [0, 0.05) is 24.8 Å². The van der Waals surface area contributed by atoms with E-state index in [0.717, 1.165) is 11.1 Å². The first-order valence-electron chi connectivity index (χ1n) is 8.56. The second-order valence-electron chi connectivity index (χ2n) is 6.09. The van der Waals surface area contributed by atoms with Crippen molar-refractivity contribution in [3.63, 3.8) is 0 Å². The van der Waals surface area contributed by atoms with Crippen LogP contribution < -0.4 is 15.4 Å². The van der Waals surface area contributed by atoms with E-state index in [0.29, 0.717) is 37.6 Å². The zero-order valence-electron chi connectivity index (χ0n) is 14.8. The number of amides is 3. The van der Waals surface area contributed by atoms with Crippen molar-refractivity contribution in [2.75, 3.05) is 23.8 Å². The molecular weight excluding hydrogens is 353 g/mol. The number of nitrogens with zero attached hydrogens (tertiary/aromatic N) is 1. The molecule has 1 aliphatic heterocycles. The molecule has 8 heteroatoms. The average molecular weight is 373 g/mol. The van der Waals surface area contributed by atoms with E-state index in [-0.39, 0.29) is 5.69 Å². The van der Waals surface area contributed by atoms with Crippen molar-refractivity contribution in [2.24, 2.45) is 0 Å². The molecule has 27 heavy (non-hydrogen) atoms. The summed E-state index contributed by atoms with van der Waals surface area (Å²) < 4.78 is 19.2. The highest BCUT2D eigenvalue weighted by atomic mass is 19.1. The second kappa shape index (κ2) is 7.94. The van der Waals surface area contributed by atoms with Gasteiger partial charge in [0.1, 0.15) is 11.6 Å². The number of carboxylic acid groups (broad SMARTS) is 1. The summed E-state index contributed by atoms with van der Waals surface area (Å²) in [6.07, 6.45) is -0.373. The van der Waals surface area contributed by atoms with Gasteiger partial charge in [-0.15, -0.1) is 0 Å². The molecule has 1 aliphatic rings. The minimum Gasteiger partial charge on any atom is -0.494 e. The molecule has 0 saturated heterocycles. The van der Waals surface area contributed by atoms with Crippen molar-refractivity contribution in [2.45, 2.75) is 19.9 Å². The first-order valence-corrected chi connectivity index (χ1v) is 8.56. The molecule has 0 spiro atoms. The number of benzene rings is 2. The quantitative estimate of drug-likeness (QED) is 0.758. The molecule has 0 unspecified atom stereocenters. The number of hydrogen-bond donors (Lipinski definition) is 3. The van der Waals surface area contributed by atoms with Gasteiger partial charge in [-0.1, -0.05) is 6.07 Å². The predicted molar refractivity (Wildman–Crippen MR) is 98.8 cm³/mol. The fourth-order valence-electron chi connectivity index (χ4n) is 2.94.